The molecule has 6 nitrogen and oxygen atoms in total. The van der Waals surface area contributed by atoms with Gasteiger partial charge in [0.15, 0.2) is 6.61 Å². The summed E-state index contributed by atoms with van der Waals surface area (Å²) in [7, 11) is 0. The number of ether oxygens (including phenoxy) is 2. The number of Topliss-reactive ketones (excluding diaryl/α,β-unsaturated/α-hetero) is 2. The number of H-pyrrole nitrogens is 1. The number of carbonyl (C=O) groups excluding carboxylic acids is 3. The van der Waals surface area contributed by atoms with Gasteiger partial charge in [-0.25, -0.2) is 4.79 Å². The van der Waals surface area contributed by atoms with Crippen molar-refractivity contribution < 1.29 is 23.9 Å². The molecule has 0 unspecified atom stereocenters. The Balaban J connectivity index is 2.01. The molecule has 0 aliphatic rings. The second-order valence-electron chi connectivity index (χ2n) is 6.40. The van der Waals surface area contributed by atoms with E-state index in [0.717, 1.165) is 5.56 Å². The molecule has 0 fully saturated rings. The number of rotatable bonds is 9. The van der Waals surface area contributed by atoms with Crippen molar-refractivity contribution in [2.45, 2.75) is 40.5 Å². The number of aryl methyl sites for hydroxylation is 2. The number of nitrogens with one attached hydrogen (secondary N) is 1. The highest BCUT2D eigenvalue weighted by atomic mass is 16.5. The van der Waals surface area contributed by atoms with Gasteiger partial charge in [0.2, 0.25) is 5.78 Å². The van der Waals surface area contributed by atoms with Crippen LogP contribution in [0.2, 0.25) is 0 Å². The lowest BCUT2D eigenvalue weighted by Gasteiger charge is -2.07. The summed E-state index contributed by atoms with van der Waals surface area (Å²) < 4.78 is 10.6. The zero-order valence-corrected chi connectivity index (χ0v) is 16.2. The van der Waals surface area contributed by atoms with Crippen LogP contribution in [0, 0.1) is 13.8 Å². The van der Waals surface area contributed by atoms with Gasteiger partial charge >= 0.3 is 5.97 Å². The van der Waals surface area contributed by atoms with E-state index in [1.54, 1.807) is 39.8 Å². The number of carbonyl (C=O) groups is 3. The van der Waals surface area contributed by atoms with Gasteiger partial charge in [-0.05, 0) is 57.4 Å². The van der Waals surface area contributed by atoms with E-state index in [1.165, 1.54) is 0 Å². The summed E-state index contributed by atoms with van der Waals surface area (Å²) in [5, 5.41) is 0. The number of aromatic nitrogens is 1. The zero-order chi connectivity index (χ0) is 20.0. The Kier molecular flexibility index (Phi) is 6.93. The van der Waals surface area contributed by atoms with E-state index >= 15 is 0 Å². The van der Waals surface area contributed by atoms with Gasteiger partial charge in [-0.15, -0.1) is 0 Å². The molecule has 1 N–H and O–H groups in total. The van der Waals surface area contributed by atoms with E-state index in [1.807, 2.05) is 12.1 Å². The average Bonchev–Trinajstić information content (AvgIpc) is 2.93. The SMILES string of the molecule is CCOC(=O)c1c(C)[nH]c(C(=O)COc2ccc(CCC(C)=O)cc2)c1C. The van der Waals surface area contributed by atoms with Crippen LogP contribution in [-0.4, -0.2) is 35.7 Å². The predicted molar refractivity (Wildman–Crippen MR) is 101 cm³/mol. The van der Waals surface area contributed by atoms with Crippen molar-refractivity contribution in [3.8, 4) is 5.75 Å². The smallest absolute Gasteiger partial charge is 0.340 e. The average molecular weight is 371 g/mol. The number of hydrogen-bond acceptors (Lipinski definition) is 5. The van der Waals surface area contributed by atoms with Gasteiger partial charge in [-0.2, -0.15) is 0 Å². The Morgan fingerprint density at radius 2 is 1.74 bits per heavy atom. The number of ketones is 2. The van der Waals surface area contributed by atoms with Crippen LogP contribution in [0.25, 0.3) is 0 Å². The molecule has 1 aromatic heterocycles. The largest absolute Gasteiger partial charge is 0.485 e. The van der Waals surface area contributed by atoms with Crippen molar-refractivity contribution in [2.24, 2.45) is 0 Å². The van der Waals surface area contributed by atoms with Gasteiger partial charge in [0.05, 0.1) is 17.9 Å². The third-order valence-corrected chi connectivity index (χ3v) is 4.25. The van der Waals surface area contributed by atoms with Gasteiger partial charge in [0, 0.05) is 12.1 Å². The van der Waals surface area contributed by atoms with Crippen LogP contribution >= 0.6 is 0 Å². The van der Waals surface area contributed by atoms with Gasteiger partial charge in [-0.1, -0.05) is 12.1 Å². The molecule has 0 amide bonds. The second kappa shape index (κ2) is 9.16. The summed E-state index contributed by atoms with van der Waals surface area (Å²) in [6.07, 6.45) is 1.19. The molecule has 1 heterocycles. The quantitative estimate of drug-likeness (QED) is 0.538. The number of aromatic amines is 1. The first-order valence-electron chi connectivity index (χ1n) is 8.94. The van der Waals surface area contributed by atoms with Crippen molar-refractivity contribution in [2.75, 3.05) is 13.2 Å². The number of hydrogen-bond donors (Lipinski definition) is 1. The zero-order valence-electron chi connectivity index (χ0n) is 16.2. The first kappa shape index (κ1) is 20.4. The topological polar surface area (TPSA) is 85.5 Å². The summed E-state index contributed by atoms with van der Waals surface area (Å²) in [5.41, 5.74) is 2.96. The van der Waals surface area contributed by atoms with Gasteiger partial charge in [0.1, 0.15) is 11.5 Å². The molecule has 0 atom stereocenters. The van der Waals surface area contributed by atoms with Crippen LogP contribution in [-0.2, 0) is 16.0 Å². The van der Waals surface area contributed by atoms with Crippen molar-refractivity contribution in [1.29, 1.82) is 0 Å². The highest BCUT2D eigenvalue weighted by Crippen LogP contribution is 2.20. The minimum Gasteiger partial charge on any atom is -0.485 e. The minimum absolute atomic E-state index is 0.143. The van der Waals surface area contributed by atoms with Crippen molar-refractivity contribution in [1.82, 2.24) is 4.98 Å². The number of esters is 1. The molecule has 0 bridgehead atoms. The van der Waals surface area contributed by atoms with E-state index in [2.05, 4.69) is 4.98 Å². The highest BCUT2D eigenvalue weighted by Gasteiger charge is 2.23. The van der Waals surface area contributed by atoms with E-state index in [0.29, 0.717) is 41.1 Å². The third-order valence-electron chi connectivity index (χ3n) is 4.25. The fraction of sp³-hybridized carbons (Fsp3) is 0.381. The molecule has 0 aliphatic heterocycles. The maximum atomic E-state index is 12.5. The Bertz CT molecular complexity index is 833. The van der Waals surface area contributed by atoms with Crippen molar-refractivity contribution in [3.63, 3.8) is 0 Å². The Hall–Kier alpha value is -2.89. The lowest BCUT2D eigenvalue weighted by Crippen LogP contribution is -2.13. The fourth-order valence-corrected chi connectivity index (χ4v) is 2.83. The molecule has 144 valence electrons. The molecule has 0 radical (unpaired) electrons. The molecule has 0 saturated carbocycles. The summed E-state index contributed by atoms with van der Waals surface area (Å²) in [6.45, 7) is 6.89. The fourth-order valence-electron chi connectivity index (χ4n) is 2.83. The van der Waals surface area contributed by atoms with Gasteiger partial charge in [-0.3, -0.25) is 4.79 Å². The summed E-state index contributed by atoms with van der Waals surface area (Å²) in [4.78, 5) is 38.5. The van der Waals surface area contributed by atoms with Crippen molar-refractivity contribution in [3.05, 3.63) is 52.3 Å². The van der Waals surface area contributed by atoms with Crippen LogP contribution in [0.4, 0.5) is 0 Å². The molecular weight excluding hydrogens is 346 g/mol. The maximum absolute atomic E-state index is 12.5. The van der Waals surface area contributed by atoms with Gasteiger partial charge in [0.25, 0.3) is 0 Å². The lowest BCUT2D eigenvalue weighted by atomic mass is 10.1. The Morgan fingerprint density at radius 1 is 1.07 bits per heavy atom. The molecular formula is C21H25NO5. The van der Waals surface area contributed by atoms with E-state index in [-0.39, 0.29) is 24.8 Å². The van der Waals surface area contributed by atoms with Crippen LogP contribution in [0.15, 0.2) is 24.3 Å². The van der Waals surface area contributed by atoms with Crippen molar-refractivity contribution >= 4 is 17.5 Å². The molecule has 0 spiro atoms. The molecule has 2 aromatic rings. The molecule has 27 heavy (non-hydrogen) atoms. The standard InChI is InChI=1S/C21H25NO5/c1-5-26-21(25)19-14(3)20(22-15(19)4)18(24)12-27-17-10-8-16(9-11-17)7-6-13(2)23/h8-11,22H,5-7,12H2,1-4H3. The van der Waals surface area contributed by atoms with Crippen LogP contribution in [0.1, 0.15) is 57.9 Å². The van der Waals surface area contributed by atoms with Crippen LogP contribution in [0.3, 0.4) is 0 Å². The summed E-state index contributed by atoms with van der Waals surface area (Å²) >= 11 is 0. The number of benzene rings is 1. The van der Waals surface area contributed by atoms with Gasteiger partial charge < -0.3 is 19.3 Å². The van der Waals surface area contributed by atoms with E-state index in [9.17, 15) is 14.4 Å². The lowest BCUT2D eigenvalue weighted by molar-refractivity contribution is -0.116. The summed E-state index contributed by atoms with van der Waals surface area (Å²) in [5.74, 6) is 0.0397. The van der Waals surface area contributed by atoms with Crippen LogP contribution in [0.5, 0.6) is 5.75 Å². The normalized spacial score (nSPS) is 10.5. The molecule has 2 rings (SSSR count). The molecule has 0 saturated heterocycles. The van der Waals surface area contributed by atoms with Crippen LogP contribution < -0.4 is 4.74 Å². The molecule has 0 aliphatic carbocycles. The first-order valence-corrected chi connectivity index (χ1v) is 8.94. The third kappa shape index (κ3) is 5.29. The monoisotopic (exact) mass is 371 g/mol. The maximum Gasteiger partial charge on any atom is 0.340 e. The molecule has 1 aromatic carbocycles. The molecule has 6 heteroatoms. The second-order valence-corrected chi connectivity index (χ2v) is 6.40. The Morgan fingerprint density at radius 3 is 2.33 bits per heavy atom. The summed E-state index contributed by atoms with van der Waals surface area (Å²) in [6, 6.07) is 7.32. The Labute approximate surface area is 158 Å². The highest BCUT2D eigenvalue weighted by molar-refractivity contribution is 6.02. The first-order chi connectivity index (χ1) is 12.8. The van der Waals surface area contributed by atoms with E-state index in [4.69, 9.17) is 9.47 Å². The minimum atomic E-state index is -0.440. The van der Waals surface area contributed by atoms with E-state index < -0.39 is 5.97 Å². The predicted octanol–water partition coefficient (Wildman–Crippen LogP) is 3.59.